The molecule has 5 nitrogen and oxygen atoms in total. The second kappa shape index (κ2) is 5.27. The molecule has 0 saturated heterocycles. The lowest BCUT2D eigenvalue weighted by atomic mass is 10.2. The van der Waals surface area contributed by atoms with E-state index >= 15 is 0 Å². The monoisotopic (exact) mass is 243 g/mol. The van der Waals surface area contributed by atoms with Gasteiger partial charge in [0, 0.05) is 25.1 Å². The Labute approximate surface area is 105 Å². The quantitative estimate of drug-likeness (QED) is 0.887. The van der Waals surface area contributed by atoms with Crippen molar-refractivity contribution in [3.8, 4) is 0 Å². The third-order valence-electron chi connectivity index (χ3n) is 2.53. The van der Waals surface area contributed by atoms with Crippen LogP contribution in [0.5, 0.6) is 0 Å². The zero-order chi connectivity index (χ0) is 13.0. The lowest BCUT2D eigenvalue weighted by Gasteiger charge is -2.18. The molecule has 0 amide bonds. The van der Waals surface area contributed by atoms with Gasteiger partial charge in [-0.15, -0.1) is 0 Å². The summed E-state index contributed by atoms with van der Waals surface area (Å²) in [5, 5.41) is 8.89. The Balaban J connectivity index is 2.16. The van der Waals surface area contributed by atoms with E-state index in [9.17, 15) is 4.79 Å². The SMILES string of the molecule is CN(Cc1ccccn1)c1ccnc(C(=O)O)c1. The molecule has 2 rings (SSSR count). The zero-order valence-electron chi connectivity index (χ0n) is 9.95. The number of aromatic nitrogens is 2. The van der Waals surface area contributed by atoms with E-state index in [1.165, 1.54) is 6.20 Å². The molecule has 0 unspecified atom stereocenters. The maximum absolute atomic E-state index is 10.8. The van der Waals surface area contributed by atoms with Gasteiger partial charge in [0.2, 0.25) is 0 Å². The smallest absolute Gasteiger partial charge is 0.354 e. The number of pyridine rings is 2. The number of carboxylic acids is 1. The fourth-order valence-corrected chi connectivity index (χ4v) is 1.60. The summed E-state index contributed by atoms with van der Waals surface area (Å²) in [5.41, 5.74) is 1.77. The molecule has 0 aliphatic carbocycles. The van der Waals surface area contributed by atoms with E-state index < -0.39 is 5.97 Å². The molecule has 0 atom stereocenters. The van der Waals surface area contributed by atoms with Crippen molar-refractivity contribution in [3.05, 3.63) is 54.1 Å². The van der Waals surface area contributed by atoms with E-state index in [2.05, 4.69) is 9.97 Å². The molecular formula is C13H13N3O2. The minimum absolute atomic E-state index is 0.0420. The van der Waals surface area contributed by atoms with Crippen LogP contribution >= 0.6 is 0 Å². The van der Waals surface area contributed by atoms with Gasteiger partial charge in [-0.1, -0.05) is 6.07 Å². The van der Waals surface area contributed by atoms with Gasteiger partial charge in [0.25, 0.3) is 0 Å². The van der Waals surface area contributed by atoms with E-state index in [1.807, 2.05) is 30.1 Å². The average Bonchev–Trinajstić information content (AvgIpc) is 2.40. The summed E-state index contributed by atoms with van der Waals surface area (Å²) in [6, 6.07) is 9.03. The van der Waals surface area contributed by atoms with Crippen LogP contribution in [0.3, 0.4) is 0 Å². The Morgan fingerprint density at radius 3 is 2.78 bits per heavy atom. The summed E-state index contributed by atoms with van der Waals surface area (Å²) in [6.07, 6.45) is 3.23. The molecule has 2 heterocycles. The molecule has 0 radical (unpaired) electrons. The third kappa shape index (κ3) is 2.82. The van der Waals surface area contributed by atoms with Crippen LogP contribution in [0.4, 0.5) is 5.69 Å². The van der Waals surface area contributed by atoms with Gasteiger partial charge >= 0.3 is 5.97 Å². The molecule has 0 fully saturated rings. The van der Waals surface area contributed by atoms with Gasteiger partial charge in [-0.05, 0) is 24.3 Å². The summed E-state index contributed by atoms with van der Waals surface area (Å²) in [6.45, 7) is 0.615. The molecule has 0 spiro atoms. The standard InChI is InChI=1S/C13H13N3O2/c1-16(9-10-4-2-3-6-14-10)11-5-7-15-12(8-11)13(17)18/h2-8H,9H2,1H3,(H,17,18). The highest BCUT2D eigenvalue weighted by Crippen LogP contribution is 2.15. The molecule has 1 N–H and O–H groups in total. The van der Waals surface area contributed by atoms with E-state index in [-0.39, 0.29) is 5.69 Å². The highest BCUT2D eigenvalue weighted by Gasteiger charge is 2.08. The number of aromatic carboxylic acids is 1. The second-order valence-electron chi connectivity index (χ2n) is 3.88. The van der Waals surface area contributed by atoms with Crippen LogP contribution < -0.4 is 4.90 Å². The Kier molecular flexibility index (Phi) is 3.52. The van der Waals surface area contributed by atoms with Gasteiger partial charge < -0.3 is 10.0 Å². The molecule has 0 aliphatic rings. The number of rotatable bonds is 4. The topological polar surface area (TPSA) is 66.3 Å². The number of carbonyl (C=O) groups is 1. The van der Waals surface area contributed by atoms with Gasteiger partial charge in [-0.3, -0.25) is 4.98 Å². The molecule has 0 bridgehead atoms. The summed E-state index contributed by atoms with van der Waals surface area (Å²) in [5.74, 6) is -1.02. The first-order valence-corrected chi connectivity index (χ1v) is 5.47. The summed E-state index contributed by atoms with van der Waals surface area (Å²) in [7, 11) is 1.88. The predicted molar refractivity (Wildman–Crippen MR) is 67.5 cm³/mol. The van der Waals surface area contributed by atoms with Crippen molar-refractivity contribution in [2.24, 2.45) is 0 Å². The number of anilines is 1. The lowest BCUT2D eigenvalue weighted by molar-refractivity contribution is 0.0690. The van der Waals surface area contributed by atoms with Crippen LogP contribution in [-0.2, 0) is 6.54 Å². The molecule has 0 aliphatic heterocycles. The van der Waals surface area contributed by atoms with Gasteiger partial charge in [0.15, 0.2) is 0 Å². The largest absolute Gasteiger partial charge is 0.477 e. The maximum Gasteiger partial charge on any atom is 0.354 e. The number of hydrogen-bond acceptors (Lipinski definition) is 4. The summed E-state index contributed by atoms with van der Waals surface area (Å²) >= 11 is 0. The van der Waals surface area contributed by atoms with E-state index in [0.29, 0.717) is 6.54 Å². The number of nitrogens with zero attached hydrogens (tertiary/aromatic N) is 3. The van der Waals surface area contributed by atoms with Crippen molar-refractivity contribution in [2.75, 3.05) is 11.9 Å². The van der Waals surface area contributed by atoms with E-state index in [1.54, 1.807) is 18.3 Å². The van der Waals surface area contributed by atoms with Crippen molar-refractivity contribution in [1.82, 2.24) is 9.97 Å². The molecule has 0 saturated carbocycles. The third-order valence-corrected chi connectivity index (χ3v) is 2.53. The first-order valence-electron chi connectivity index (χ1n) is 5.47. The Morgan fingerprint density at radius 2 is 2.11 bits per heavy atom. The van der Waals surface area contributed by atoms with Crippen LogP contribution in [0.1, 0.15) is 16.2 Å². The van der Waals surface area contributed by atoms with Crippen LogP contribution in [0, 0.1) is 0 Å². The van der Waals surface area contributed by atoms with E-state index in [0.717, 1.165) is 11.4 Å². The number of hydrogen-bond donors (Lipinski definition) is 1. The Bertz CT molecular complexity index is 543. The van der Waals surface area contributed by atoms with Crippen molar-refractivity contribution in [3.63, 3.8) is 0 Å². The molecule has 2 aromatic rings. The van der Waals surface area contributed by atoms with Crippen LogP contribution in [0.15, 0.2) is 42.7 Å². The Hall–Kier alpha value is -2.43. The maximum atomic E-state index is 10.8. The highest BCUT2D eigenvalue weighted by atomic mass is 16.4. The van der Waals surface area contributed by atoms with Gasteiger partial charge in [-0.25, -0.2) is 9.78 Å². The molecule has 92 valence electrons. The molecule has 0 aromatic carbocycles. The minimum Gasteiger partial charge on any atom is -0.477 e. The first-order chi connectivity index (χ1) is 8.66. The van der Waals surface area contributed by atoms with E-state index in [4.69, 9.17) is 5.11 Å². The van der Waals surface area contributed by atoms with Crippen molar-refractivity contribution >= 4 is 11.7 Å². The normalized spacial score (nSPS) is 10.1. The van der Waals surface area contributed by atoms with Crippen molar-refractivity contribution in [2.45, 2.75) is 6.54 Å². The van der Waals surface area contributed by atoms with Crippen molar-refractivity contribution in [1.29, 1.82) is 0 Å². The molecule has 18 heavy (non-hydrogen) atoms. The number of carboxylic acid groups (broad SMARTS) is 1. The van der Waals surface area contributed by atoms with Gasteiger partial charge in [0.1, 0.15) is 5.69 Å². The molecular weight excluding hydrogens is 230 g/mol. The fourth-order valence-electron chi connectivity index (χ4n) is 1.60. The molecule has 2 aromatic heterocycles. The lowest BCUT2D eigenvalue weighted by Crippen LogP contribution is -2.17. The van der Waals surface area contributed by atoms with Crippen molar-refractivity contribution < 1.29 is 9.90 Å². The fraction of sp³-hybridized carbons (Fsp3) is 0.154. The zero-order valence-corrected chi connectivity index (χ0v) is 9.95. The van der Waals surface area contributed by atoms with Gasteiger partial charge in [-0.2, -0.15) is 0 Å². The Morgan fingerprint density at radius 1 is 1.28 bits per heavy atom. The minimum atomic E-state index is -1.02. The first kappa shape index (κ1) is 12.0. The van der Waals surface area contributed by atoms with Crippen LogP contribution in [-0.4, -0.2) is 28.1 Å². The molecule has 5 heteroatoms. The summed E-state index contributed by atoms with van der Waals surface area (Å²) in [4.78, 5) is 20.8. The average molecular weight is 243 g/mol. The van der Waals surface area contributed by atoms with Crippen LogP contribution in [0.2, 0.25) is 0 Å². The van der Waals surface area contributed by atoms with Gasteiger partial charge in [0.05, 0.1) is 12.2 Å². The predicted octanol–water partition coefficient (Wildman–Crippen LogP) is 1.81. The highest BCUT2D eigenvalue weighted by molar-refractivity contribution is 5.86. The second-order valence-corrected chi connectivity index (χ2v) is 3.88. The van der Waals surface area contributed by atoms with Crippen LogP contribution in [0.25, 0.3) is 0 Å². The summed E-state index contributed by atoms with van der Waals surface area (Å²) < 4.78 is 0.